The maximum atomic E-state index is 13.5. The summed E-state index contributed by atoms with van der Waals surface area (Å²) in [7, 11) is 0. The van der Waals surface area contributed by atoms with Gasteiger partial charge in [0.25, 0.3) is 0 Å². The lowest BCUT2D eigenvalue weighted by atomic mass is 9.95. The van der Waals surface area contributed by atoms with Gasteiger partial charge in [-0.2, -0.15) is 13.2 Å². The van der Waals surface area contributed by atoms with Gasteiger partial charge >= 0.3 is 12.3 Å². The molecule has 1 saturated heterocycles. The van der Waals surface area contributed by atoms with E-state index in [1.807, 2.05) is 0 Å². The van der Waals surface area contributed by atoms with Gasteiger partial charge in [-0.25, -0.2) is 4.79 Å². The number of anilines is 1. The maximum absolute atomic E-state index is 13.5. The highest BCUT2D eigenvalue weighted by molar-refractivity contribution is 6.31. The van der Waals surface area contributed by atoms with E-state index in [4.69, 9.17) is 16.3 Å². The van der Waals surface area contributed by atoms with Crippen molar-refractivity contribution < 1.29 is 27.5 Å². The van der Waals surface area contributed by atoms with Gasteiger partial charge in [-0.15, -0.1) is 0 Å². The summed E-state index contributed by atoms with van der Waals surface area (Å²) in [6.45, 7) is 7.93. The van der Waals surface area contributed by atoms with Gasteiger partial charge in [-0.05, 0) is 58.6 Å². The number of carbonyl (C=O) groups excluding carboxylic acids is 2. The quantitative estimate of drug-likeness (QED) is 0.471. The number of amides is 2. The van der Waals surface area contributed by atoms with Gasteiger partial charge < -0.3 is 20.3 Å². The predicted molar refractivity (Wildman–Crippen MR) is 135 cm³/mol. The number of piperidine rings is 1. The molecule has 1 fully saturated rings. The van der Waals surface area contributed by atoms with Crippen LogP contribution in [0.5, 0.6) is 0 Å². The molecule has 2 heterocycles. The number of hydrogen-bond acceptors (Lipinski definition) is 5. The number of alkyl carbamates (subject to hydrolysis) is 1. The molecule has 2 amide bonds. The van der Waals surface area contributed by atoms with E-state index >= 15 is 0 Å². The van der Waals surface area contributed by atoms with Crippen LogP contribution in [0.2, 0.25) is 5.02 Å². The summed E-state index contributed by atoms with van der Waals surface area (Å²) in [4.78, 5) is 31.1. The minimum Gasteiger partial charge on any atom is -0.444 e. The van der Waals surface area contributed by atoms with Crippen molar-refractivity contribution in [1.29, 1.82) is 0 Å². The first-order valence-electron chi connectivity index (χ1n) is 12.1. The predicted octanol–water partition coefficient (Wildman–Crippen LogP) is 5.98. The lowest BCUT2D eigenvalue weighted by molar-refractivity contribution is -0.141. The summed E-state index contributed by atoms with van der Waals surface area (Å²) in [5, 5.41) is 6.12. The Kier molecular flexibility index (Phi) is 8.94. The molecule has 0 radical (unpaired) electrons. The SMILES string of the molecule is Cc1c(NCC2CCN(C(=O)C(NC(=O)OC(C)(C)C)c3ccccc3Cl)CC2)ccnc1C(F)(F)F. The van der Waals surface area contributed by atoms with Gasteiger partial charge in [0.2, 0.25) is 5.91 Å². The van der Waals surface area contributed by atoms with Crippen LogP contribution in [0.25, 0.3) is 0 Å². The van der Waals surface area contributed by atoms with Crippen molar-refractivity contribution in [3.05, 3.63) is 58.4 Å². The number of nitrogens with one attached hydrogen (secondary N) is 2. The number of nitrogens with zero attached hydrogens (tertiary/aromatic N) is 2. The van der Waals surface area contributed by atoms with Crippen LogP contribution in [0.4, 0.5) is 23.7 Å². The molecule has 11 heteroatoms. The van der Waals surface area contributed by atoms with Crippen LogP contribution in [-0.2, 0) is 15.7 Å². The second-order valence-electron chi connectivity index (χ2n) is 10.1. The van der Waals surface area contributed by atoms with Crippen molar-refractivity contribution in [2.24, 2.45) is 5.92 Å². The molecule has 7 nitrogen and oxygen atoms in total. The zero-order valence-corrected chi connectivity index (χ0v) is 22.0. The zero-order valence-electron chi connectivity index (χ0n) is 21.3. The van der Waals surface area contributed by atoms with Crippen molar-refractivity contribution in [3.8, 4) is 0 Å². The Labute approximate surface area is 219 Å². The number of benzene rings is 1. The molecule has 1 aliphatic heterocycles. The molecule has 1 atom stereocenters. The number of likely N-dealkylation sites (tertiary alicyclic amines) is 1. The summed E-state index contributed by atoms with van der Waals surface area (Å²) >= 11 is 6.35. The van der Waals surface area contributed by atoms with Gasteiger partial charge in [0.1, 0.15) is 17.3 Å². The molecule has 1 aromatic heterocycles. The number of rotatable bonds is 6. The fourth-order valence-corrected chi connectivity index (χ4v) is 4.46. The Balaban J connectivity index is 1.64. The van der Waals surface area contributed by atoms with E-state index in [2.05, 4.69) is 15.6 Å². The normalized spacial score (nSPS) is 15.7. The van der Waals surface area contributed by atoms with E-state index in [-0.39, 0.29) is 17.4 Å². The van der Waals surface area contributed by atoms with Gasteiger partial charge in [-0.1, -0.05) is 29.8 Å². The smallest absolute Gasteiger partial charge is 0.433 e. The summed E-state index contributed by atoms with van der Waals surface area (Å²) < 4.78 is 44.8. The highest BCUT2D eigenvalue weighted by Crippen LogP contribution is 2.33. The van der Waals surface area contributed by atoms with Crippen LogP contribution in [0.15, 0.2) is 36.5 Å². The van der Waals surface area contributed by atoms with Gasteiger partial charge in [-0.3, -0.25) is 9.78 Å². The Hall–Kier alpha value is -3.01. The molecule has 1 unspecified atom stereocenters. The summed E-state index contributed by atoms with van der Waals surface area (Å²) in [5.74, 6) is -0.145. The van der Waals surface area contributed by atoms with Crippen molar-refractivity contribution in [1.82, 2.24) is 15.2 Å². The number of carbonyl (C=O) groups is 2. The van der Waals surface area contributed by atoms with E-state index in [0.29, 0.717) is 48.7 Å². The standard InChI is InChI=1S/C26H32ClF3N4O3/c1-16-20(9-12-31-22(16)26(28,29)30)32-15-17-10-13-34(14-11-17)23(35)21(18-7-5-6-8-19(18)27)33-24(36)37-25(2,3)4/h5-9,12,17,21H,10-11,13-15H2,1-4H3,(H,31,32)(H,33,36). The molecule has 0 saturated carbocycles. The summed E-state index contributed by atoms with van der Waals surface area (Å²) in [5.41, 5.74) is -0.726. The number of pyridine rings is 1. The fraction of sp³-hybridized carbons (Fsp3) is 0.500. The minimum absolute atomic E-state index is 0.0541. The molecule has 2 N–H and O–H groups in total. The Morgan fingerprint density at radius 1 is 1.16 bits per heavy atom. The van der Waals surface area contributed by atoms with Crippen LogP contribution in [0.3, 0.4) is 0 Å². The Morgan fingerprint density at radius 3 is 2.41 bits per heavy atom. The third kappa shape index (κ3) is 7.74. The number of aromatic nitrogens is 1. The number of alkyl halides is 3. The summed E-state index contributed by atoms with van der Waals surface area (Å²) in [6, 6.07) is 7.32. The first-order chi connectivity index (χ1) is 17.3. The second kappa shape index (κ2) is 11.6. The van der Waals surface area contributed by atoms with Crippen molar-refractivity contribution >= 4 is 29.3 Å². The minimum atomic E-state index is -4.51. The maximum Gasteiger partial charge on any atom is 0.433 e. The number of ether oxygens (including phenoxy) is 1. The molecular weight excluding hydrogens is 509 g/mol. The monoisotopic (exact) mass is 540 g/mol. The van der Waals surface area contributed by atoms with Crippen LogP contribution < -0.4 is 10.6 Å². The second-order valence-corrected chi connectivity index (χ2v) is 10.5. The topological polar surface area (TPSA) is 83.6 Å². The molecule has 0 bridgehead atoms. The Morgan fingerprint density at radius 2 is 1.81 bits per heavy atom. The number of hydrogen-bond donors (Lipinski definition) is 2. The zero-order chi connectivity index (χ0) is 27.4. The van der Waals surface area contributed by atoms with E-state index in [1.54, 1.807) is 49.9 Å². The molecule has 1 aliphatic rings. The molecular formula is C26H32ClF3N4O3. The molecule has 202 valence electrons. The highest BCUT2D eigenvalue weighted by atomic mass is 35.5. The van der Waals surface area contributed by atoms with Gasteiger partial charge in [0, 0.05) is 47.7 Å². The van der Waals surface area contributed by atoms with E-state index in [1.165, 1.54) is 13.0 Å². The largest absolute Gasteiger partial charge is 0.444 e. The van der Waals surface area contributed by atoms with Crippen LogP contribution >= 0.6 is 11.6 Å². The third-order valence-electron chi connectivity index (χ3n) is 6.10. The molecule has 0 aliphatic carbocycles. The van der Waals surface area contributed by atoms with Crippen molar-refractivity contribution in [2.75, 3.05) is 25.0 Å². The summed E-state index contributed by atoms with van der Waals surface area (Å²) in [6.07, 6.45) is -2.80. The lowest BCUT2D eigenvalue weighted by Crippen LogP contribution is -2.47. The molecule has 1 aromatic carbocycles. The van der Waals surface area contributed by atoms with E-state index < -0.39 is 29.6 Å². The third-order valence-corrected chi connectivity index (χ3v) is 6.45. The van der Waals surface area contributed by atoms with Crippen LogP contribution in [-0.4, -0.2) is 47.1 Å². The Bertz CT molecular complexity index is 1110. The lowest BCUT2D eigenvalue weighted by Gasteiger charge is -2.35. The van der Waals surface area contributed by atoms with E-state index in [0.717, 1.165) is 6.20 Å². The first kappa shape index (κ1) is 28.6. The molecule has 0 spiro atoms. The molecule has 37 heavy (non-hydrogen) atoms. The average molecular weight is 541 g/mol. The number of halogens is 4. The highest BCUT2D eigenvalue weighted by Gasteiger charge is 2.35. The van der Waals surface area contributed by atoms with Crippen molar-refractivity contribution in [2.45, 2.75) is 58.4 Å². The molecule has 3 rings (SSSR count). The van der Waals surface area contributed by atoms with Crippen LogP contribution in [0.1, 0.15) is 56.5 Å². The fourth-order valence-electron chi connectivity index (χ4n) is 4.21. The first-order valence-corrected chi connectivity index (χ1v) is 12.4. The van der Waals surface area contributed by atoms with Crippen molar-refractivity contribution in [3.63, 3.8) is 0 Å². The van der Waals surface area contributed by atoms with Crippen LogP contribution in [0, 0.1) is 12.8 Å². The van der Waals surface area contributed by atoms with E-state index in [9.17, 15) is 22.8 Å². The van der Waals surface area contributed by atoms with Gasteiger partial charge in [0.05, 0.1) is 0 Å². The van der Waals surface area contributed by atoms with Gasteiger partial charge in [0.15, 0.2) is 0 Å². The molecule has 2 aromatic rings. The average Bonchev–Trinajstić information content (AvgIpc) is 2.80.